The SMILES string of the molecule is C[C@@]1(O)CC[P@@](=O)(c2ccccc2)[C@H]1N. The maximum Gasteiger partial charge on any atom is 0.134 e. The van der Waals surface area contributed by atoms with E-state index in [1.165, 1.54) is 0 Å². The summed E-state index contributed by atoms with van der Waals surface area (Å²) >= 11 is 0. The third kappa shape index (κ3) is 1.65. The van der Waals surface area contributed by atoms with E-state index in [2.05, 4.69) is 0 Å². The molecule has 1 aliphatic heterocycles. The minimum Gasteiger partial charge on any atom is -0.388 e. The van der Waals surface area contributed by atoms with Gasteiger partial charge in [0.25, 0.3) is 0 Å². The molecule has 0 unspecified atom stereocenters. The normalized spacial score (nSPS) is 40.6. The van der Waals surface area contributed by atoms with E-state index in [4.69, 9.17) is 5.73 Å². The van der Waals surface area contributed by atoms with E-state index in [1.807, 2.05) is 30.3 Å². The van der Waals surface area contributed by atoms with Gasteiger partial charge in [-0.15, -0.1) is 0 Å². The fourth-order valence-corrected chi connectivity index (χ4v) is 5.45. The van der Waals surface area contributed by atoms with Gasteiger partial charge in [0, 0.05) is 11.5 Å². The highest BCUT2D eigenvalue weighted by Gasteiger charge is 2.49. The second-order valence-electron chi connectivity index (χ2n) is 4.41. The number of hydrogen-bond acceptors (Lipinski definition) is 3. The predicted molar refractivity (Wildman–Crippen MR) is 61.8 cm³/mol. The van der Waals surface area contributed by atoms with E-state index in [0.717, 1.165) is 5.30 Å². The maximum absolute atomic E-state index is 12.7. The van der Waals surface area contributed by atoms with Crippen LogP contribution in [0.4, 0.5) is 0 Å². The Labute approximate surface area is 89.7 Å². The summed E-state index contributed by atoms with van der Waals surface area (Å²) in [7, 11) is -2.61. The molecule has 3 nitrogen and oxygen atoms in total. The van der Waals surface area contributed by atoms with Crippen LogP contribution < -0.4 is 11.0 Å². The Morgan fingerprint density at radius 2 is 2.07 bits per heavy atom. The molecular weight excluding hydrogens is 209 g/mol. The first-order chi connectivity index (χ1) is 6.97. The molecule has 0 amide bonds. The molecule has 0 spiro atoms. The molecule has 1 saturated heterocycles. The van der Waals surface area contributed by atoms with Crippen molar-refractivity contribution in [2.24, 2.45) is 5.73 Å². The molecule has 0 bridgehead atoms. The first kappa shape index (κ1) is 10.9. The summed E-state index contributed by atoms with van der Waals surface area (Å²) in [5.41, 5.74) is 4.92. The van der Waals surface area contributed by atoms with E-state index in [-0.39, 0.29) is 0 Å². The molecular formula is C11H16NO2P. The van der Waals surface area contributed by atoms with E-state index < -0.39 is 18.5 Å². The molecule has 0 aromatic heterocycles. The van der Waals surface area contributed by atoms with Crippen molar-refractivity contribution in [3.05, 3.63) is 30.3 Å². The molecule has 4 heteroatoms. The monoisotopic (exact) mass is 225 g/mol. The summed E-state index contributed by atoms with van der Waals surface area (Å²) in [4.78, 5) is 0. The van der Waals surface area contributed by atoms with Crippen LogP contribution in [0.3, 0.4) is 0 Å². The van der Waals surface area contributed by atoms with Crippen molar-refractivity contribution >= 4 is 12.4 Å². The second kappa shape index (κ2) is 3.44. The number of nitrogens with two attached hydrogens (primary N) is 1. The lowest BCUT2D eigenvalue weighted by atomic mass is 10.1. The van der Waals surface area contributed by atoms with Crippen molar-refractivity contribution < 1.29 is 9.67 Å². The average Bonchev–Trinajstić information content (AvgIpc) is 2.45. The van der Waals surface area contributed by atoms with E-state index >= 15 is 0 Å². The van der Waals surface area contributed by atoms with Crippen LogP contribution in [0.25, 0.3) is 0 Å². The smallest absolute Gasteiger partial charge is 0.134 e. The van der Waals surface area contributed by atoms with Gasteiger partial charge in [0.1, 0.15) is 7.14 Å². The first-order valence-electron chi connectivity index (χ1n) is 5.09. The molecule has 15 heavy (non-hydrogen) atoms. The molecule has 1 aliphatic rings. The summed E-state index contributed by atoms with van der Waals surface area (Å²) in [5.74, 6) is -0.632. The van der Waals surface area contributed by atoms with E-state index in [0.29, 0.717) is 12.6 Å². The Morgan fingerprint density at radius 1 is 1.47 bits per heavy atom. The number of rotatable bonds is 1. The molecule has 0 saturated carbocycles. The Morgan fingerprint density at radius 3 is 2.53 bits per heavy atom. The van der Waals surface area contributed by atoms with Crippen LogP contribution in [-0.4, -0.2) is 22.7 Å². The van der Waals surface area contributed by atoms with Gasteiger partial charge in [0.15, 0.2) is 0 Å². The highest BCUT2D eigenvalue weighted by atomic mass is 31.2. The third-order valence-electron chi connectivity index (χ3n) is 3.23. The van der Waals surface area contributed by atoms with Crippen LogP contribution in [0.15, 0.2) is 30.3 Å². The number of benzene rings is 1. The highest BCUT2D eigenvalue weighted by molar-refractivity contribution is 7.72. The first-order valence-corrected chi connectivity index (χ1v) is 7.05. The standard InChI is InChI=1S/C11H16NO2P/c1-11(13)7-8-15(14,10(11)12)9-5-3-2-4-6-9/h2-6,10,13H,7-8,12H2,1H3/t10-,11-,15-/m1/s1. The summed E-state index contributed by atoms with van der Waals surface area (Å²) in [5, 5.41) is 10.7. The van der Waals surface area contributed by atoms with Crippen LogP contribution in [0.5, 0.6) is 0 Å². The summed E-state index contributed by atoms with van der Waals surface area (Å²) in [6, 6.07) is 9.27. The average molecular weight is 225 g/mol. The van der Waals surface area contributed by atoms with Crippen molar-refractivity contribution in [3.63, 3.8) is 0 Å². The molecule has 2 rings (SSSR count). The lowest BCUT2D eigenvalue weighted by Gasteiger charge is -2.25. The van der Waals surface area contributed by atoms with Gasteiger partial charge in [-0.3, -0.25) is 0 Å². The Bertz CT molecular complexity index is 402. The van der Waals surface area contributed by atoms with E-state index in [9.17, 15) is 9.67 Å². The van der Waals surface area contributed by atoms with Crippen molar-refractivity contribution in [3.8, 4) is 0 Å². The summed E-state index contributed by atoms with van der Waals surface area (Å²) < 4.78 is 12.7. The predicted octanol–water partition coefficient (Wildman–Crippen LogP) is 1.11. The fourth-order valence-electron chi connectivity index (χ4n) is 2.10. The van der Waals surface area contributed by atoms with Gasteiger partial charge in [0.05, 0.1) is 11.4 Å². The molecule has 1 fully saturated rings. The minimum absolute atomic E-state index is 0.505. The molecule has 82 valence electrons. The Kier molecular flexibility index (Phi) is 2.50. The largest absolute Gasteiger partial charge is 0.388 e. The molecule has 3 atom stereocenters. The van der Waals surface area contributed by atoms with Crippen LogP contribution in [-0.2, 0) is 4.57 Å². The van der Waals surface area contributed by atoms with Gasteiger partial charge >= 0.3 is 0 Å². The van der Waals surface area contributed by atoms with Crippen molar-refractivity contribution in [1.29, 1.82) is 0 Å². The van der Waals surface area contributed by atoms with Crippen LogP contribution in [0, 0.1) is 0 Å². The van der Waals surface area contributed by atoms with Crippen LogP contribution in [0.1, 0.15) is 13.3 Å². The molecule has 1 aromatic carbocycles. The number of hydrogen-bond donors (Lipinski definition) is 2. The second-order valence-corrected chi connectivity index (χ2v) is 7.52. The van der Waals surface area contributed by atoms with Crippen LogP contribution in [0.2, 0.25) is 0 Å². The molecule has 1 heterocycles. The van der Waals surface area contributed by atoms with Gasteiger partial charge < -0.3 is 15.4 Å². The topological polar surface area (TPSA) is 63.3 Å². The van der Waals surface area contributed by atoms with Gasteiger partial charge in [-0.05, 0) is 13.3 Å². The van der Waals surface area contributed by atoms with Crippen molar-refractivity contribution in [2.75, 3.05) is 6.16 Å². The van der Waals surface area contributed by atoms with Crippen molar-refractivity contribution in [1.82, 2.24) is 0 Å². The zero-order valence-corrected chi connectivity index (χ0v) is 9.65. The molecule has 0 radical (unpaired) electrons. The lowest BCUT2D eigenvalue weighted by Crippen LogP contribution is -2.41. The number of aliphatic hydroxyl groups is 1. The quantitative estimate of drug-likeness (QED) is 0.704. The highest BCUT2D eigenvalue weighted by Crippen LogP contribution is 2.58. The zero-order valence-electron chi connectivity index (χ0n) is 8.76. The Hall–Kier alpha value is -0.630. The Balaban J connectivity index is 2.42. The third-order valence-corrected chi connectivity index (χ3v) is 6.75. The lowest BCUT2D eigenvalue weighted by molar-refractivity contribution is 0.0622. The minimum atomic E-state index is -2.61. The van der Waals surface area contributed by atoms with Crippen LogP contribution >= 0.6 is 7.14 Å². The van der Waals surface area contributed by atoms with Gasteiger partial charge in [-0.25, -0.2) is 0 Å². The molecule has 3 N–H and O–H groups in total. The van der Waals surface area contributed by atoms with Gasteiger partial charge in [-0.1, -0.05) is 30.3 Å². The van der Waals surface area contributed by atoms with Gasteiger partial charge in [0.2, 0.25) is 0 Å². The van der Waals surface area contributed by atoms with Gasteiger partial charge in [-0.2, -0.15) is 0 Å². The molecule has 0 aliphatic carbocycles. The summed E-state index contributed by atoms with van der Waals surface area (Å²) in [6.07, 6.45) is 1.02. The zero-order chi connectivity index (χ0) is 11.1. The molecule has 1 aromatic rings. The van der Waals surface area contributed by atoms with E-state index in [1.54, 1.807) is 6.92 Å². The van der Waals surface area contributed by atoms with Crippen molar-refractivity contribution in [2.45, 2.75) is 24.7 Å². The summed E-state index contributed by atoms with van der Waals surface area (Å²) in [6.45, 7) is 1.67. The maximum atomic E-state index is 12.7. The fraction of sp³-hybridized carbons (Fsp3) is 0.455.